The number of aliphatic hydroxyl groups excluding tert-OH is 1. The monoisotopic (exact) mass is 209 g/mol. The number of nitrogens with zero attached hydrogens (tertiary/aromatic N) is 2. The summed E-state index contributed by atoms with van der Waals surface area (Å²) in [4.78, 5) is 0. The zero-order valence-corrected chi connectivity index (χ0v) is 9.19. The molecule has 0 fully saturated rings. The Morgan fingerprint density at radius 3 is 3.13 bits per heavy atom. The lowest BCUT2D eigenvalue weighted by Gasteiger charge is -2.09. The van der Waals surface area contributed by atoms with Gasteiger partial charge in [0.25, 0.3) is 0 Å². The molecular formula is C11H19N3O. The molecule has 0 bridgehead atoms. The molecule has 84 valence electrons. The van der Waals surface area contributed by atoms with Gasteiger partial charge in [-0.25, -0.2) is 4.68 Å². The molecule has 0 aliphatic heterocycles. The lowest BCUT2D eigenvalue weighted by atomic mass is 10.2. The molecule has 0 amide bonds. The summed E-state index contributed by atoms with van der Waals surface area (Å²) in [6.45, 7) is 7.05. The van der Waals surface area contributed by atoms with Gasteiger partial charge in [0.05, 0.1) is 12.3 Å². The minimum Gasteiger partial charge on any atom is -0.392 e. The third-order valence-electron chi connectivity index (χ3n) is 2.17. The number of hydrogen-bond donors (Lipinski definition) is 2. The summed E-state index contributed by atoms with van der Waals surface area (Å²) in [6, 6.07) is 0. The first kappa shape index (κ1) is 11.9. The standard InChI is InChI=1S/C11H19N3O/c1-3-5-11(15)8-12-6-10-7-13-14(4-2)9-10/h4,7,9,11-12,15H,2-3,5-6,8H2,1H3. The van der Waals surface area contributed by atoms with E-state index in [9.17, 15) is 5.11 Å². The van der Waals surface area contributed by atoms with Crippen molar-refractivity contribution in [2.24, 2.45) is 0 Å². The van der Waals surface area contributed by atoms with Gasteiger partial charge in [0.2, 0.25) is 0 Å². The second-order valence-electron chi connectivity index (χ2n) is 3.58. The van der Waals surface area contributed by atoms with Crippen molar-refractivity contribution in [1.29, 1.82) is 0 Å². The molecule has 15 heavy (non-hydrogen) atoms. The largest absolute Gasteiger partial charge is 0.392 e. The molecule has 1 heterocycles. The van der Waals surface area contributed by atoms with Crippen LogP contribution >= 0.6 is 0 Å². The third kappa shape index (κ3) is 4.27. The summed E-state index contributed by atoms with van der Waals surface area (Å²) in [5.74, 6) is 0. The van der Waals surface area contributed by atoms with Crippen molar-refractivity contribution in [2.45, 2.75) is 32.4 Å². The molecule has 0 aromatic carbocycles. The highest BCUT2D eigenvalue weighted by Crippen LogP contribution is 1.98. The quantitative estimate of drug-likeness (QED) is 0.710. The van der Waals surface area contributed by atoms with Crippen LogP contribution in [0.2, 0.25) is 0 Å². The van der Waals surface area contributed by atoms with Crippen molar-refractivity contribution in [3.63, 3.8) is 0 Å². The summed E-state index contributed by atoms with van der Waals surface area (Å²) in [6.07, 6.45) is 6.96. The Morgan fingerprint density at radius 1 is 1.73 bits per heavy atom. The SMILES string of the molecule is C=Cn1cc(CNCC(O)CCC)cn1. The number of aliphatic hydroxyl groups is 1. The lowest BCUT2D eigenvalue weighted by Crippen LogP contribution is -2.26. The highest BCUT2D eigenvalue weighted by molar-refractivity contribution is 5.17. The highest BCUT2D eigenvalue weighted by Gasteiger charge is 2.02. The number of rotatable bonds is 7. The van der Waals surface area contributed by atoms with Gasteiger partial charge in [-0.2, -0.15) is 5.10 Å². The maximum Gasteiger partial charge on any atom is 0.0664 e. The molecule has 1 unspecified atom stereocenters. The van der Waals surface area contributed by atoms with Crippen LogP contribution in [-0.2, 0) is 6.54 Å². The van der Waals surface area contributed by atoms with Crippen LogP contribution < -0.4 is 5.32 Å². The van der Waals surface area contributed by atoms with Crippen LogP contribution in [0.1, 0.15) is 25.3 Å². The van der Waals surface area contributed by atoms with Crippen molar-refractivity contribution >= 4 is 6.20 Å². The molecule has 1 atom stereocenters. The molecule has 0 saturated carbocycles. The van der Waals surface area contributed by atoms with Crippen molar-refractivity contribution in [1.82, 2.24) is 15.1 Å². The molecule has 4 heteroatoms. The van der Waals surface area contributed by atoms with Crippen molar-refractivity contribution in [2.75, 3.05) is 6.54 Å². The molecule has 2 N–H and O–H groups in total. The molecule has 0 radical (unpaired) electrons. The minimum absolute atomic E-state index is 0.246. The summed E-state index contributed by atoms with van der Waals surface area (Å²) in [5.41, 5.74) is 1.10. The van der Waals surface area contributed by atoms with E-state index in [0.717, 1.165) is 24.9 Å². The van der Waals surface area contributed by atoms with Gasteiger partial charge in [-0.1, -0.05) is 19.9 Å². The first-order chi connectivity index (χ1) is 7.26. The van der Waals surface area contributed by atoms with Crippen LogP contribution in [0.5, 0.6) is 0 Å². The number of nitrogens with one attached hydrogen (secondary N) is 1. The molecule has 1 aromatic rings. The Balaban J connectivity index is 2.22. The maximum atomic E-state index is 9.48. The van der Waals surface area contributed by atoms with E-state index in [-0.39, 0.29) is 6.10 Å². The Bertz CT molecular complexity index is 296. The van der Waals surface area contributed by atoms with Gasteiger partial charge in [0.15, 0.2) is 0 Å². The third-order valence-corrected chi connectivity index (χ3v) is 2.17. The molecule has 0 saturated heterocycles. The second kappa shape index (κ2) is 6.37. The normalized spacial score (nSPS) is 12.7. The Hall–Kier alpha value is -1.13. The van der Waals surface area contributed by atoms with E-state index in [1.165, 1.54) is 0 Å². The Labute approximate surface area is 90.6 Å². The molecule has 1 rings (SSSR count). The molecule has 0 aliphatic rings. The predicted molar refractivity (Wildman–Crippen MR) is 61.2 cm³/mol. The van der Waals surface area contributed by atoms with Crippen molar-refractivity contribution in [3.05, 3.63) is 24.5 Å². The van der Waals surface area contributed by atoms with Crippen LogP contribution in [-0.4, -0.2) is 27.5 Å². The maximum absolute atomic E-state index is 9.48. The van der Waals surface area contributed by atoms with Gasteiger partial charge in [-0.05, 0) is 6.42 Å². The highest BCUT2D eigenvalue weighted by atomic mass is 16.3. The van der Waals surface area contributed by atoms with Gasteiger partial charge in [0, 0.05) is 31.0 Å². The first-order valence-corrected chi connectivity index (χ1v) is 5.30. The Morgan fingerprint density at radius 2 is 2.53 bits per heavy atom. The van der Waals surface area contributed by atoms with Gasteiger partial charge in [-0.3, -0.25) is 0 Å². The van der Waals surface area contributed by atoms with Gasteiger partial charge < -0.3 is 10.4 Å². The topological polar surface area (TPSA) is 50.1 Å². The van der Waals surface area contributed by atoms with E-state index < -0.39 is 0 Å². The first-order valence-electron chi connectivity index (χ1n) is 5.30. The fourth-order valence-corrected chi connectivity index (χ4v) is 1.39. The van der Waals surface area contributed by atoms with Crippen LogP contribution in [0.15, 0.2) is 19.0 Å². The average Bonchev–Trinajstić information content (AvgIpc) is 2.66. The predicted octanol–water partition coefficient (Wildman–Crippen LogP) is 1.23. The van der Waals surface area contributed by atoms with E-state index in [1.54, 1.807) is 17.1 Å². The molecule has 0 aliphatic carbocycles. The number of hydrogen-bond acceptors (Lipinski definition) is 3. The van der Waals surface area contributed by atoms with Crippen molar-refractivity contribution in [3.8, 4) is 0 Å². The summed E-state index contributed by atoms with van der Waals surface area (Å²) in [5, 5.41) is 16.7. The lowest BCUT2D eigenvalue weighted by molar-refractivity contribution is 0.160. The van der Waals surface area contributed by atoms with Gasteiger partial charge in [0.1, 0.15) is 0 Å². The van der Waals surface area contributed by atoms with Crippen LogP contribution in [0.25, 0.3) is 6.20 Å². The van der Waals surface area contributed by atoms with E-state index in [4.69, 9.17) is 0 Å². The summed E-state index contributed by atoms with van der Waals surface area (Å²) in [7, 11) is 0. The molecular weight excluding hydrogens is 190 g/mol. The van der Waals surface area contributed by atoms with Gasteiger partial charge >= 0.3 is 0 Å². The molecule has 1 aromatic heterocycles. The van der Waals surface area contributed by atoms with Crippen LogP contribution in [0.4, 0.5) is 0 Å². The molecule has 0 spiro atoms. The Kier molecular flexibility index (Phi) is 5.07. The number of aromatic nitrogens is 2. The fourth-order valence-electron chi connectivity index (χ4n) is 1.39. The van der Waals surface area contributed by atoms with Crippen LogP contribution in [0.3, 0.4) is 0 Å². The summed E-state index contributed by atoms with van der Waals surface area (Å²) >= 11 is 0. The zero-order valence-electron chi connectivity index (χ0n) is 9.19. The molecule has 4 nitrogen and oxygen atoms in total. The van der Waals surface area contributed by atoms with E-state index in [1.807, 2.05) is 6.20 Å². The summed E-state index contributed by atoms with van der Waals surface area (Å²) < 4.78 is 1.67. The average molecular weight is 209 g/mol. The van der Waals surface area contributed by atoms with Gasteiger partial charge in [-0.15, -0.1) is 0 Å². The minimum atomic E-state index is -0.246. The van der Waals surface area contributed by atoms with E-state index in [0.29, 0.717) is 6.54 Å². The second-order valence-corrected chi connectivity index (χ2v) is 3.58. The smallest absolute Gasteiger partial charge is 0.0664 e. The van der Waals surface area contributed by atoms with E-state index >= 15 is 0 Å². The van der Waals surface area contributed by atoms with Crippen LogP contribution in [0, 0.1) is 0 Å². The zero-order chi connectivity index (χ0) is 11.1. The van der Waals surface area contributed by atoms with Crippen molar-refractivity contribution < 1.29 is 5.11 Å². The fraction of sp³-hybridized carbons (Fsp3) is 0.545. The van der Waals surface area contributed by atoms with E-state index in [2.05, 4.69) is 23.9 Å².